The number of hydrogen-bond donors (Lipinski definition) is 1. The Morgan fingerprint density at radius 3 is 2.92 bits per heavy atom. The van der Waals surface area contributed by atoms with E-state index in [1.807, 2.05) is 0 Å². The predicted octanol–water partition coefficient (Wildman–Crippen LogP) is 0.681. The van der Waals surface area contributed by atoms with Crippen LogP contribution in [0.1, 0.15) is 34.5 Å². The summed E-state index contributed by atoms with van der Waals surface area (Å²) in [5.74, 6) is -0.137. The molecule has 0 radical (unpaired) electrons. The molecule has 7 nitrogen and oxygen atoms in total. The second-order valence-corrected chi connectivity index (χ2v) is 8.40. The second-order valence-electron chi connectivity index (χ2n) is 6.57. The van der Waals surface area contributed by atoms with Gasteiger partial charge in [-0.25, -0.2) is 22.5 Å². The number of alkyl halides is 1. The average molecular weight is 371 g/mol. The molecule has 2 atom stereocenters. The fourth-order valence-corrected chi connectivity index (χ4v) is 3.96. The molecule has 1 fully saturated rings. The van der Waals surface area contributed by atoms with E-state index in [1.165, 1.54) is 12.0 Å². The summed E-state index contributed by atoms with van der Waals surface area (Å²) in [6, 6.07) is 1.25. The van der Waals surface area contributed by atoms with Crippen LogP contribution in [0.4, 0.5) is 4.39 Å². The molecule has 2 aliphatic rings. The number of likely N-dealkylation sites (tertiary alicyclic amines) is 1. The largest absolute Gasteiger partial charge is 0.480 e. The van der Waals surface area contributed by atoms with Gasteiger partial charge in [-0.1, -0.05) is 0 Å². The van der Waals surface area contributed by atoms with Gasteiger partial charge in [0.1, 0.15) is 11.7 Å². The molecule has 1 N–H and O–H groups in total. The molecule has 1 aliphatic carbocycles. The number of aromatic nitrogens is 1. The third-order valence-electron chi connectivity index (χ3n) is 4.65. The number of sulfonamides is 1. The summed E-state index contributed by atoms with van der Waals surface area (Å²) in [6.45, 7) is -0.0686. The van der Waals surface area contributed by atoms with Crippen LogP contribution in [0, 0.1) is 0 Å². The maximum absolute atomic E-state index is 13.9. The van der Waals surface area contributed by atoms with Crippen LogP contribution < -0.4 is 9.46 Å². The monoisotopic (exact) mass is 371 g/mol. The zero-order valence-electron chi connectivity index (χ0n) is 14.3. The van der Waals surface area contributed by atoms with Crippen LogP contribution in [0.15, 0.2) is 6.07 Å². The Kier molecular flexibility index (Phi) is 4.97. The first-order valence-electron chi connectivity index (χ1n) is 8.25. The summed E-state index contributed by atoms with van der Waals surface area (Å²) < 4.78 is 44.1. The van der Waals surface area contributed by atoms with Crippen LogP contribution in [0.2, 0.25) is 0 Å². The van der Waals surface area contributed by atoms with E-state index in [0.717, 1.165) is 36.8 Å². The fraction of sp³-hybridized carbons (Fsp3) is 0.625. The molecule has 2 heterocycles. The van der Waals surface area contributed by atoms with E-state index < -0.39 is 22.2 Å². The van der Waals surface area contributed by atoms with E-state index >= 15 is 0 Å². The van der Waals surface area contributed by atoms with Crippen molar-refractivity contribution >= 4 is 15.9 Å². The second kappa shape index (κ2) is 6.87. The molecular weight excluding hydrogens is 349 g/mol. The van der Waals surface area contributed by atoms with Gasteiger partial charge in [-0.2, -0.15) is 0 Å². The van der Waals surface area contributed by atoms with Gasteiger partial charge in [-0.15, -0.1) is 0 Å². The van der Waals surface area contributed by atoms with Gasteiger partial charge in [0.15, 0.2) is 0 Å². The van der Waals surface area contributed by atoms with Crippen molar-refractivity contribution in [2.45, 2.75) is 37.9 Å². The number of ether oxygens (including phenoxy) is 1. The number of nitrogens with zero attached hydrogens (tertiary/aromatic N) is 2. The molecule has 0 bridgehead atoms. The zero-order chi connectivity index (χ0) is 18.2. The summed E-state index contributed by atoms with van der Waals surface area (Å²) in [5, 5.41) is 0. The molecule has 3 rings (SSSR count). The molecule has 0 aromatic carbocycles. The number of pyridine rings is 1. The highest BCUT2D eigenvalue weighted by Gasteiger charge is 2.37. The molecule has 0 spiro atoms. The summed E-state index contributed by atoms with van der Waals surface area (Å²) in [6.07, 6.45) is 2.67. The van der Waals surface area contributed by atoms with Crippen molar-refractivity contribution in [2.75, 3.05) is 26.5 Å². The molecule has 1 amide bonds. The van der Waals surface area contributed by atoms with Crippen LogP contribution in [0.3, 0.4) is 0 Å². The number of rotatable bonds is 5. The lowest BCUT2D eigenvalue weighted by molar-refractivity contribution is 0.0727. The maximum Gasteiger partial charge on any atom is 0.259 e. The Morgan fingerprint density at radius 1 is 1.48 bits per heavy atom. The number of nitrogens with one attached hydrogen (secondary N) is 1. The van der Waals surface area contributed by atoms with E-state index in [0.29, 0.717) is 5.56 Å². The molecule has 1 saturated heterocycles. The van der Waals surface area contributed by atoms with E-state index in [2.05, 4.69) is 9.71 Å². The summed E-state index contributed by atoms with van der Waals surface area (Å²) >= 11 is 0. The zero-order valence-corrected chi connectivity index (χ0v) is 15.1. The number of fused-ring (bicyclic) bond motifs is 1. The number of hydrogen-bond acceptors (Lipinski definition) is 5. The quantitative estimate of drug-likeness (QED) is 0.822. The third-order valence-corrected chi connectivity index (χ3v) is 5.34. The Morgan fingerprint density at radius 2 is 2.24 bits per heavy atom. The van der Waals surface area contributed by atoms with E-state index in [1.54, 1.807) is 6.07 Å². The van der Waals surface area contributed by atoms with Gasteiger partial charge < -0.3 is 9.64 Å². The number of carbonyl (C=O) groups is 1. The summed E-state index contributed by atoms with van der Waals surface area (Å²) in [5.41, 5.74) is 2.26. The molecule has 0 saturated carbocycles. The molecule has 25 heavy (non-hydrogen) atoms. The van der Waals surface area contributed by atoms with Crippen LogP contribution in [0.25, 0.3) is 0 Å². The maximum atomic E-state index is 13.9. The molecule has 1 aromatic heterocycles. The van der Waals surface area contributed by atoms with Crippen LogP contribution in [0.5, 0.6) is 5.88 Å². The molecule has 2 unspecified atom stereocenters. The lowest BCUT2D eigenvalue weighted by Gasteiger charge is -2.25. The van der Waals surface area contributed by atoms with Crippen LogP contribution >= 0.6 is 0 Å². The Balaban J connectivity index is 1.86. The van der Waals surface area contributed by atoms with Gasteiger partial charge in [0.2, 0.25) is 15.9 Å². The SMILES string of the molecule is COc1nc2c(cc1C(=O)N1CC(F)CC1CNS(C)(=O)=O)CCC2. The summed E-state index contributed by atoms with van der Waals surface area (Å²) in [4.78, 5) is 18.8. The molecule has 1 aromatic rings. The van der Waals surface area contributed by atoms with Crippen molar-refractivity contribution in [3.63, 3.8) is 0 Å². The highest BCUT2D eigenvalue weighted by molar-refractivity contribution is 7.88. The highest BCUT2D eigenvalue weighted by atomic mass is 32.2. The van der Waals surface area contributed by atoms with Crippen LogP contribution in [-0.4, -0.2) is 62.9 Å². The Labute approximate surface area is 146 Å². The van der Waals surface area contributed by atoms with E-state index in [9.17, 15) is 17.6 Å². The lowest BCUT2D eigenvalue weighted by Crippen LogP contribution is -2.43. The minimum atomic E-state index is -3.41. The first-order chi connectivity index (χ1) is 11.8. The van der Waals surface area contributed by atoms with Gasteiger partial charge >= 0.3 is 0 Å². The topological polar surface area (TPSA) is 88.6 Å². The van der Waals surface area contributed by atoms with Crippen molar-refractivity contribution < 1.29 is 22.3 Å². The minimum absolute atomic E-state index is 0.00826. The van der Waals surface area contributed by atoms with Crippen molar-refractivity contribution in [1.82, 2.24) is 14.6 Å². The van der Waals surface area contributed by atoms with Crippen molar-refractivity contribution in [3.05, 3.63) is 22.9 Å². The first-order valence-corrected chi connectivity index (χ1v) is 10.1. The van der Waals surface area contributed by atoms with Crippen LogP contribution in [-0.2, 0) is 22.9 Å². The minimum Gasteiger partial charge on any atom is -0.480 e. The van der Waals surface area contributed by atoms with Crippen molar-refractivity contribution in [2.24, 2.45) is 0 Å². The van der Waals surface area contributed by atoms with Gasteiger partial charge in [0, 0.05) is 24.7 Å². The molecule has 9 heteroatoms. The van der Waals surface area contributed by atoms with Gasteiger partial charge in [-0.05, 0) is 30.9 Å². The predicted molar refractivity (Wildman–Crippen MR) is 90.0 cm³/mol. The normalized spacial score (nSPS) is 22.9. The first kappa shape index (κ1) is 18.1. The van der Waals surface area contributed by atoms with Gasteiger partial charge in [-0.3, -0.25) is 4.79 Å². The number of amides is 1. The number of halogens is 1. The van der Waals surface area contributed by atoms with E-state index in [4.69, 9.17) is 4.74 Å². The fourth-order valence-electron chi connectivity index (χ4n) is 3.47. The third kappa shape index (κ3) is 3.92. The molecular formula is C16H22FN3O4S. The summed E-state index contributed by atoms with van der Waals surface area (Å²) in [7, 11) is -1.96. The number of carbonyl (C=O) groups excluding carboxylic acids is 1. The lowest BCUT2D eigenvalue weighted by atomic mass is 10.1. The van der Waals surface area contributed by atoms with Gasteiger partial charge in [0.05, 0.1) is 19.9 Å². The highest BCUT2D eigenvalue weighted by Crippen LogP contribution is 2.30. The molecule has 138 valence electrons. The standard InChI is InChI=1S/C16H22FN3O4S/c1-24-15-13(6-10-4-3-5-14(10)19-15)16(21)20-9-11(17)7-12(20)8-18-25(2,22)23/h6,11-12,18H,3-5,7-9H2,1-2H3. The Bertz CT molecular complexity index is 784. The van der Waals surface area contributed by atoms with Crippen molar-refractivity contribution in [3.8, 4) is 5.88 Å². The Hall–Kier alpha value is -1.74. The van der Waals surface area contributed by atoms with Crippen molar-refractivity contribution in [1.29, 1.82) is 0 Å². The smallest absolute Gasteiger partial charge is 0.259 e. The van der Waals surface area contributed by atoms with Gasteiger partial charge in [0.25, 0.3) is 5.91 Å². The molecule has 1 aliphatic heterocycles. The van der Waals surface area contributed by atoms with E-state index in [-0.39, 0.29) is 31.3 Å². The number of aryl methyl sites for hydroxylation is 2. The number of methoxy groups -OCH3 is 1. The average Bonchev–Trinajstić information content (AvgIpc) is 3.15.